The molecule has 11 rings (SSSR count). The van der Waals surface area contributed by atoms with Crippen LogP contribution in [0.5, 0.6) is 0 Å². The Morgan fingerprint density at radius 2 is 0.655 bits per heavy atom. The molecule has 0 fully saturated rings. The highest BCUT2D eigenvalue weighted by Crippen LogP contribution is 2.46. The summed E-state index contributed by atoms with van der Waals surface area (Å²) >= 11 is 0. The van der Waals surface area contributed by atoms with Gasteiger partial charge in [0.05, 0.1) is 11.4 Å². The Balaban J connectivity index is 1.14. The molecule has 0 N–H and O–H groups in total. The molecule has 2 heteroatoms. The van der Waals surface area contributed by atoms with E-state index in [9.17, 15) is 0 Å². The maximum Gasteiger partial charge on any atom is 0.160 e. The molecular weight excluding hydrogens is 701 g/mol. The van der Waals surface area contributed by atoms with Crippen LogP contribution in [-0.2, 0) is 0 Å². The zero-order chi connectivity index (χ0) is 38.4. The van der Waals surface area contributed by atoms with Crippen molar-refractivity contribution in [3.05, 3.63) is 218 Å². The maximum atomic E-state index is 5.15. The summed E-state index contributed by atoms with van der Waals surface area (Å²) in [6.45, 7) is 0. The SMILES string of the molecule is c1ccc(-c2cc(-c3ccccc3)nc(-c3cccc(-c4ccc5c(-c6ccc7ccccc7c6)c6ccccc6c(-c6ccc7ccccc7c6)c5c4)c3)n2)cc1. The molecule has 0 aliphatic carbocycles. The molecule has 0 saturated heterocycles. The highest BCUT2D eigenvalue weighted by atomic mass is 14.9. The lowest BCUT2D eigenvalue weighted by Crippen LogP contribution is -1.96. The van der Waals surface area contributed by atoms with Crippen LogP contribution in [0.3, 0.4) is 0 Å². The van der Waals surface area contributed by atoms with E-state index >= 15 is 0 Å². The van der Waals surface area contributed by atoms with Crippen molar-refractivity contribution in [3.8, 4) is 67.3 Å². The fourth-order valence-corrected chi connectivity index (χ4v) is 8.60. The fourth-order valence-electron chi connectivity index (χ4n) is 8.60. The first-order valence-electron chi connectivity index (χ1n) is 19.8. The van der Waals surface area contributed by atoms with Crippen molar-refractivity contribution in [1.29, 1.82) is 0 Å². The van der Waals surface area contributed by atoms with E-state index in [0.717, 1.165) is 39.2 Å². The molecule has 0 aliphatic heterocycles. The summed E-state index contributed by atoms with van der Waals surface area (Å²) in [7, 11) is 0. The third kappa shape index (κ3) is 6.00. The van der Waals surface area contributed by atoms with Gasteiger partial charge in [-0.25, -0.2) is 9.97 Å². The highest BCUT2D eigenvalue weighted by Gasteiger charge is 2.19. The first kappa shape index (κ1) is 33.6. The van der Waals surface area contributed by atoms with Gasteiger partial charge in [0.25, 0.3) is 0 Å². The Labute approximate surface area is 337 Å². The molecule has 58 heavy (non-hydrogen) atoms. The van der Waals surface area contributed by atoms with Gasteiger partial charge < -0.3 is 0 Å². The van der Waals surface area contributed by atoms with Gasteiger partial charge in [0.15, 0.2) is 5.82 Å². The molecule has 0 saturated carbocycles. The summed E-state index contributed by atoms with van der Waals surface area (Å²) in [6.07, 6.45) is 0. The molecule has 10 aromatic carbocycles. The molecule has 0 unspecified atom stereocenters. The summed E-state index contributed by atoms with van der Waals surface area (Å²) in [5, 5.41) is 9.86. The number of aromatic nitrogens is 2. The molecule has 0 aliphatic rings. The lowest BCUT2D eigenvalue weighted by Gasteiger charge is -2.19. The van der Waals surface area contributed by atoms with E-state index in [1.807, 2.05) is 12.1 Å². The number of hydrogen-bond donors (Lipinski definition) is 0. The Morgan fingerprint density at radius 3 is 1.24 bits per heavy atom. The van der Waals surface area contributed by atoms with Crippen LogP contribution in [-0.4, -0.2) is 9.97 Å². The van der Waals surface area contributed by atoms with Crippen LogP contribution in [0.15, 0.2) is 218 Å². The monoisotopic (exact) mass is 736 g/mol. The molecule has 11 aromatic rings. The van der Waals surface area contributed by atoms with Gasteiger partial charge in [0.2, 0.25) is 0 Å². The van der Waals surface area contributed by atoms with E-state index < -0.39 is 0 Å². The third-order valence-corrected chi connectivity index (χ3v) is 11.4. The standard InChI is InChI=1S/C56H36N2/c1-3-16-39(17-4-1)52-36-53(40-18-5-2-6-19-40)58-56(57-52)47-23-13-22-43(34-47)44-30-31-50-51(35-44)55(46-29-27-38-15-8-10-21-42(38)33-46)49-25-12-11-24-48(49)54(50)45-28-26-37-14-7-9-20-41(37)32-45/h1-36H. The molecule has 270 valence electrons. The van der Waals surface area contributed by atoms with Gasteiger partial charge in [-0.05, 0) is 107 Å². The van der Waals surface area contributed by atoms with Crippen LogP contribution in [0, 0.1) is 0 Å². The number of hydrogen-bond acceptors (Lipinski definition) is 2. The number of fused-ring (bicyclic) bond motifs is 4. The van der Waals surface area contributed by atoms with Gasteiger partial charge in [-0.1, -0.05) is 188 Å². The zero-order valence-electron chi connectivity index (χ0n) is 31.7. The molecule has 0 radical (unpaired) electrons. The zero-order valence-corrected chi connectivity index (χ0v) is 31.7. The van der Waals surface area contributed by atoms with E-state index in [0.29, 0.717) is 5.82 Å². The maximum absolute atomic E-state index is 5.15. The van der Waals surface area contributed by atoms with Gasteiger partial charge in [-0.15, -0.1) is 0 Å². The van der Waals surface area contributed by atoms with E-state index in [4.69, 9.17) is 9.97 Å². The van der Waals surface area contributed by atoms with Gasteiger partial charge in [0, 0.05) is 16.7 Å². The summed E-state index contributed by atoms with van der Waals surface area (Å²) in [4.78, 5) is 10.3. The topological polar surface area (TPSA) is 25.8 Å². The van der Waals surface area contributed by atoms with Gasteiger partial charge >= 0.3 is 0 Å². The molecule has 2 nitrogen and oxygen atoms in total. The number of rotatable bonds is 6. The smallest absolute Gasteiger partial charge is 0.160 e. The van der Waals surface area contributed by atoms with Crippen LogP contribution in [0.2, 0.25) is 0 Å². The summed E-state index contributed by atoms with van der Waals surface area (Å²) in [5.74, 6) is 0.698. The molecule has 0 bridgehead atoms. The molecular formula is C56H36N2. The van der Waals surface area contributed by atoms with E-state index in [1.54, 1.807) is 0 Å². The van der Waals surface area contributed by atoms with Gasteiger partial charge in [0.1, 0.15) is 0 Å². The summed E-state index contributed by atoms with van der Waals surface area (Å²) < 4.78 is 0. The van der Waals surface area contributed by atoms with E-state index in [-0.39, 0.29) is 0 Å². The normalized spacial score (nSPS) is 11.4. The van der Waals surface area contributed by atoms with Crippen LogP contribution >= 0.6 is 0 Å². The Hall–Kier alpha value is -7.68. The number of nitrogens with zero attached hydrogens (tertiary/aromatic N) is 2. The van der Waals surface area contributed by atoms with Crippen molar-refractivity contribution in [2.45, 2.75) is 0 Å². The predicted octanol–water partition coefficient (Wildman–Crippen LogP) is 15.1. The third-order valence-electron chi connectivity index (χ3n) is 11.4. The Morgan fingerprint density at radius 1 is 0.224 bits per heavy atom. The van der Waals surface area contributed by atoms with Crippen LogP contribution < -0.4 is 0 Å². The molecule has 1 heterocycles. The average molecular weight is 737 g/mol. The van der Waals surface area contributed by atoms with Crippen molar-refractivity contribution in [3.63, 3.8) is 0 Å². The minimum atomic E-state index is 0.698. The molecule has 0 spiro atoms. The largest absolute Gasteiger partial charge is 0.228 e. The minimum absolute atomic E-state index is 0.698. The van der Waals surface area contributed by atoms with Crippen LogP contribution in [0.25, 0.3) is 110 Å². The first-order valence-corrected chi connectivity index (χ1v) is 19.8. The predicted molar refractivity (Wildman–Crippen MR) is 245 cm³/mol. The first-order chi connectivity index (χ1) is 28.7. The summed E-state index contributed by atoms with van der Waals surface area (Å²) in [5.41, 5.74) is 12.0. The van der Waals surface area contributed by atoms with Gasteiger partial charge in [-0.2, -0.15) is 0 Å². The van der Waals surface area contributed by atoms with E-state index in [2.05, 4.69) is 206 Å². The molecule has 0 amide bonds. The van der Waals surface area contributed by atoms with Crippen molar-refractivity contribution in [2.75, 3.05) is 0 Å². The van der Waals surface area contributed by atoms with Crippen LogP contribution in [0.1, 0.15) is 0 Å². The van der Waals surface area contributed by atoms with Crippen molar-refractivity contribution < 1.29 is 0 Å². The average Bonchev–Trinajstić information content (AvgIpc) is 3.30. The summed E-state index contributed by atoms with van der Waals surface area (Å²) in [6, 6.07) is 78.4. The minimum Gasteiger partial charge on any atom is -0.228 e. The molecule has 0 atom stereocenters. The second-order valence-electron chi connectivity index (χ2n) is 15.0. The second-order valence-corrected chi connectivity index (χ2v) is 15.0. The Kier molecular flexibility index (Phi) is 8.19. The Bertz CT molecular complexity index is 3270. The lowest BCUT2D eigenvalue weighted by atomic mass is 9.84. The second kappa shape index (κ2) is 14.1. The lowest BCUT2D eigenvalue weighted by molar-refractivity contribution is 1.18. The highest BCUT2D eigenvalue weighted by molar-refractivity contribution is 6.22. The van der Waals surface area contributed by atoms with Crippen LogP contribution in [0.4, 0.5) is 0 Å². The quantitative estimate of drug-likeness (QED) is 0.159. The van der Waals surface area contributed by atoms with Crippen molar-refractivity contribution in [1.82, 2.24) is 9.97 Å². The fraction of sp³-hybridized carbons (Fsp3) is 0. The molecule has 1 aromatic heterocycles. The number of benzene rings is 10. The van der Waals surface area contributed by atoms with Crippen molar-refractivity contribution >= 4 is 43.1 Å². The van der Waals surface area contributed by atoms with Crippen molar-refractivity contribution in [2.24, 2.45) is 0 Å². The van der Waals surface area contributed by atoms with Gasteiger partial charge in [-0.3, -0.25) is 0 Å². The van der Waals surface area contributed by atoms with E-state index in [1.165, 1.54) is 65.3 Å².